The smallest absolute Gasteiger partial charge is 0.162 e. The van der Waals surface area contributed by atoms with Crippen LogP contribution in [0.2, 0.25) is 0 Å². The maximum Gasteiger partial charge on any atom is 0.162 e. The molecule has 0 bridgehead atoms. The Morgan fingerprint density at radius 1 is 1.23 bits per heavy atom. The minimum atomic E-state index is -0.276. The van der Waals surface area contributed by atoms with Crippen molar-refractivity contribution >= 4 is 22.4 Å². The van der Waals surface area contributed by atoms with Gasteiger partial charge in [0.15, 0.2) is 11.5 Å². The average molecular weight is 412 g/mol. The minimum absolute atomic E-state index is 0.00404. The number of aryl methyl sites for hydroxylation is 1. The molecule has 1 atom stereocenters. The van der Waals surface area contributed by atoms with Crippen LogP contribution in [0, 0.1) is 12.7 Å². The number of fused-ring (bicyclic) bond motifs is 1. The van der Waals surface area contributed by atoms with Crippen LogP contribution in [0.1, 0.15) is 5.56 Å². The highest BCUT2D eigenvalue weighted by Gasteiger charge is 2.20. The highest BCUT2D eigenvalue weighted by molar-refractivity contribution is 5.93. The average Bonchev–Trinajstić information content (AvgIpc) is 2.74. The van der Waals surface area contributed by atoms with Crippen molar-refractivity contribution in [2.24, 2.45) is 0 Å². The van der Waals surface area contributed by atoms with Crippen molar-refractivity contribution in [3.8, 4) is 11.5 Å². The zero-order valence-corrected chi connectivity index (χ0v) is 17.3. The number of hydrogen-bond donors (Lipinski definition) is 1. The van der Waals surface area contributed by atoms with Crippen LogP contribution in [0.5, 0.6) is 11.5 Å². The van der Waals surface area contributed by atoms with Crippen LogP contribution in [0.25, 0.3) is 10.9 Å². The van der Waals surface area contributed by atoms with Gasteiger partial charge in [0.1, 0.15) is 30.7 Å². The maximum atomic E-state index is 13.4. The lowest BCUT2D eigenvalue weighted by Gasteiger charge is -2.30. The number of nitrogens with one attached hydrogen (secondary N) is 1. The molecule has 1 aliphatic rings. The molecule has 1 N–H and O–H groups in total. The maximum absolute atomic E-state index is 13.4. The van der Waals surface area contributed by atoms with Gasteiger partial charge in [-0.15, -0.1) is 0 Å². The van der Waals surface area contributed by atoms with E-state index in [0.717, 1.165) is 29.7 Å². The number of anilines is 2. The molecule has 0 spiro atoms. The van der Waals surface area contributed by atoms with E-state index in [2.05, 4.69) is 27.2 Å². The summed E-state index contributed by atoms with van der Waals surface area (Å²) in [6.45, 7) is 4.69. The molecule has 1 aliphatic heterocycles. The SMILES string of the molecule is COc1cc2ncnc(Nc3ccc(F)cc3C)c2cc1OCC1CN(C)CCO1. The zero-order chi connectivity index (χ0) is 21.1. The van der Waals surface area contributed by atoms with Crippen molar-refractivity contribution < 1.29 is 18.6 Å². The normalized spacial score (nSPS) is 17.1. The monoisotopic (exact) mass is 412 g/mol. The Labute approximate surface area is 174 Å². The largest absolute Gasteiger partial charge is 0.493 e. The van der Waals surface area contributed by atoms with Gasteiger partial charge in [-0.05, 0) is 43.8 Å². The van der Waals surface area contributed by atoms with Crippen molar-refractivity contribution in [3.05, 3.63) is 48.0 Å². The van der Waals surface area contributed by atoms with Gasteiger partial charge in [-0.3, -0.25) is 0 Å². The third-order valence-electron chi connectivity index (χ3n) is 5.13. The lowest BCUT2D eigenvalue weighted by atomic mass is 10.1. The van der Waals surface area contributed by atoms with E-state index in [1.54, 1.807) is 13.2 Å². The first kappa shape index (κ1) is 20.3. The molecule has 0 aliphatic carbocycles. The van der Waals surface area contributed by atoms with Gasteiger partial charge in [0.25, 0.3) is 0 Å². The summed E-state index contributed by atoms with van der Waals surface area (Å²) >= 11 is 0. The Morgan fingerprint density at radius 3 is 2.87 bits per heavy atom. The second-order valence-electron chi connectivity index (χ2n) is 7.39. The Morgan fingerprint density at radius 2 is 2.10 bits per heavy atom. The number of halogens is 1. The number of nitrogens with zero attached hydrogens (tertiary/aromatic N) is 3. The molecule has 0 saturated carbocycles. The summed E-state index contributed by atoms with van der Waals surface area (Å²) in [4.78, 5) is 10.9. The molecule has 1 saturated heterocycles. The van der Waals surface area contributed by atoms with Crippen LogP contribution in [0.4, 0.5) is 15.9 Å². The Hall–Kier alpha value is -2.97. The Balaban J connectivity index is 1.63. The quantitative estimate of drug-likeness (QED) is 0.664. The number of ether oxygens (including phenoxy) is 3. The van der Waals surface area contributed by atoms with E-state index in [4.69, 9.17) is 14.2 Å². The Kier molecular flexibility index (Phi) is 5.96. The summed E-state index contributed by atoms with van der Waals surface area (Å²) in [5.74, 6) is 1.52. The van der Waals surface area contributed by atoms with Crippen molar-refractivity contribution in [2.45, 2.75) is 13.0 Å². The molecule has 1 fully saturated rings. The molecular weight excluding hydrogens is 387 g/mol. The molecule has 7 nitrogen and oxygen atoms in total. The summed E-state index contributed by atoms with van der Waals surface area (Å²) in [6, 6.07) is 8.27. The van der Waals surface area contributed by atoms with Crippen molar-refractivity contribution in [2.75, 3.05) is 45.8 Å². The molecule has 1 unspecified atom stereocenters. The fourth-order valence-corrected chi connectivity index (χ4v) is 3.48. The van der Waals surface area contributed by atoms with E-state index in [1.165, 1.54) is 18.5 Å². The van der Waals surface area contributed by atoms with Gasteiger partial charge in [-0.25, -0.2) is 14.4 Å². The predicted octanol–water partition coefficient (Wildman–Crippen LogP) is 3.54. The van der Waals surface area contributed by atoms with E-state index < -0.39 is 0 Å². The van der Waals surface area contributed by atoms with Crippen LogP contribution in [0.3, 0.4) is 0 Å². The predicted molar refractivity (Wildman–Crippen MR) is 113 cm³/mol. The standard InChI is InChI=1S/C22H25FN4O3/c1-14-8-15(23)4-5-18(14)26-22-17-9-21(20(28-3)10-19(17)24-13-25-22)30-12-16-11-27(2)6-7-29-16/h4-5,8-10,13,16H,6-7,11-12H2,1-3H3,(H,24,25,26). The molecule has 158 valence electrons. The molecule has 8 heteroatoms. The molecule has 2 heterocycles. The van der Waals surface area contributed by atoms with Gasteiger partial charge in [0, 0.05) is 30.2 Å². The fraction of sp³-hybridized carbons (Fsp3) is 0.364. The van der Waals surface area contributed by atoms with E-state index in [0.29, 0.717) is 36.0 Å². The molecule has 4 rings (SSSR count). The highest BCUT2D eigenvalue weighted by Crippen LogP contribution is 2.35. The van der Waals surface area contributed by atoms with Gasteiger partial charge in [0.05, 0.1) is 19.2 Å². The van der Waals surface area contributed by atoms with Gasteiger partial charge in [-0.1, -0.05) is 0 Å². The fourth-order valence-electron chi connectivity index (χ4n) is 3.48. The molecular formula is C22H25FN4O3. The Bertz CT molecular complexity index is 1050. The van der Waals surface area contributed by atoms with Crippen molar-refractivity contribution in [1.29, 1.82) is 0 Å². The summed E-state index contributed by atoms with van der Waals surface area (Å²) in [5, 5.41) is 4.05. The van der Waals surface area contributed by atoms with Crippen molar-refractivity contribution in [1.82, 2.24) is 14.9 Å². The lowest BCUT2D eigenvalue weighted by Crippen LogP contribution is -2.42. The van der Waals surface area contributed by atoms with E-state index >= 15 is 0 Å². The van der Waals surface area contributed by atoms with E-state index in [1.807, 2.05) is 19.1 Å². The molecule has 2 aromatic carbocycles. The summed E-state index contributed by atoms with van der Waals surface area (Å²) in [7, 11) is 3.67. The summed E-state index contributed by atoms with van der Waals surface area (Å²) in [6.07, 6.45) is 1.48. The van der Waals surface area contributed by atoms with Gasteiger partial charge >= 0.3 is 0 Å². The summed E-state index contributed by atoms with van der Waals surface area (Å²) in [5.41, 5.74) is 2.27. The number of benzene rings is 2. The summed E-state index contributed by atoms with van der Waals surface area (Å²) < 4.78 is 30.8. The number of morpholine rings is 1. The second kappa shape index (κ2) is 8.81. The first-order valence-electron chi connectivity index (χ1n) is 9.82. The lowest BCUT2D eigenvalue weighted by molar-refractivity contribution is -0.0406. The third-order valence-corrected chi connectivity index (χ3v) is 5.13. The number of methoxy groups -OCH3 is 1. The number of aromatic nitrogens is 2. The van der Waals surface area contributed by atoms with E-state index in [9.17, 15) is 4.39 Å². The van der Waals surface area contributed by atoms with E-state index in [-0.39, 0.29) is 11.9 Å². The van der Waals surface area contributed by atoms with Crippen LogP contribution < -0.4 is 14.8 Å². The van der Waals surface area contributed by atoms with Gasteiger partial charge < -0.3 is 24.4 Å². The molecule has 0 amide bonds. The van der Waals surface area contributed by atoms with Crippen LogP contribution in [0.15, 0.2) is 36.7 Å². The topological polar surface area (TPSA) is 68.7 Å². The minimum Gasteiger partial charge on any atom is -0.493 e. The third kappa shape index (κ3) is 4.44. The number of hydrogen-bond acceptors (Lipinski definition) is 7. The number of likely N-dealkylation sites (N-methyl/N-ethyl adjacent to an activating group) is 1. The first-order valence-corrected chi connectivity index (χ1v) is 9.82. The van der Waals surface area contributed by atoms with Gasteiger partial charge in [0.2, 0.25) is 0 Å². The second-order valence-corrected chi connectivity index (χ2v) is 7.39. The zero-order valence-electron chi connectivity index (χ0n) is 17.3. The molecule has 3 aromatic rings. The molecule has 30 heavy (non-hydrogen) atoms. The van der Waals surface area contributed by atoms with Gasteiger partial charge in [-0.2, -0.15) is 0 Å². The number of rotatable bonds is 6. The van der Waals surface area contributed by atoms with Crippen LogP contribution >= 0.6 is 0 Å². The van der Waals surface area contributed by atoms with Crippen molar-refractivity contribution in [3.63, 3.8) is 0 Å². The van der Waals surface area contributed by atoms with Crippen LogP contribution in [-0.2, 0) is 4.74 Å². The van der Waals surface area contributed by atoms with Crippen LogP contribution in [-0.4, -0.2) is 61.4 Å². The molecule has 1 aromatic heterocycles. The highest BCUT2D eigenvalue weighted by atomic mass is 19.1. The first-order chi connectivity index (χ1) is 14.5. The molecule has 0 radical (unpaired) electrons.